The highest BCUT2D eigenvalue weighted by molar-refractivity contribution is 6.30. The largest absolute Gasteiger partial charge is 0.396 e. The molecule has 22 heavy (non-hydrogen) atoms. The molecule has 1 amide bonds. The van der Waals surface area contributed by atoms with E-state index >= 15 is 0 Å². The number of aromatic amines is 1. The highest BCUT2D eigenvalue weighted by Gasteiger charge is 2.43. The summed E-state index contributed by atoms with van der Waals surface area (Å²) in [6, 6.07) is 9.04. The highest BCUT2D eigenvalue weighted by atomic mass is 35.5. The minimum absolute atomic E-state index is 0.0938. The topological polar surface area (TPSA) is 69.2 Å². The van der Waals surface area contributed by atoms with Gasteiger partial charge in [0.1, 0.15) is 5.69 Å². The summed E-state index contributed by atoms with van der Waals surface area (Å²) in [6.07, 6.45) is 1.94. The van der Waals surface area contributed by atoms with Crippen LogP contribution in [0.5, 0.6) is 0 Å². The van der Waals surface area contributed by atoms with Crippen LogP contribution in [-0.4, -0.2) is 46.3 Å². The molecule has 1 aromatic heterocycles. The molecule has 1 aliphatic rings. The van der Waals surface area contributed by atoms with Crippen LogP contribution in [-0.2, 0) is 0 Å². The van der Waals surface area contributed by atoms with Crippen molar-refractivity contribution in [2.24, 2.45) is 5.41 Å². The number of nitrogens with zero attached hydrogens (tertiary/aromatic N) is 2. The van der Waals surface area contributed by atoms with Gasteiger partial charge in [-0.05, 0) is 31.0 Å². The molecule has 0 bridgehead atoms. The Balaban J connectivity index is 1.72. The first kappa shape index (κ1) is 15.1. The Bertz CT molecular complexity index is 677. The van der Waals surface area contributed by atoms with Gasteiger partial charge in [0.25, 0.3) is 5.91 Å². The van der Waals surface area contributed by atoms with Gasteiger partial charge in [0.15, 0.2) is 0 Å². The van der Waals surface area contributed by atoms with Gasteiger partial charge in [0, 0.05) is 29.6 Å². The van der Waals surface area contributed by atoms with Crippen molar-refractivity contribution in [1.82, 2.24) is 15.1 Å². The number of aliphatic hydroxyl groups is 1. The first-order valence-electron chi connectivity index (χ1n) is 7.21. The highest BCUT2D eigenvalue weighted by Crippen LogP contribution is 2.45. The molecule has 5 nitrogen and oxygen atoms in total. The molecule has 3 rings (SSSR count). The van der Waals surface area contributed by atoms with Crippen LogP contribution in [0.15, 0.2) is 30.3 Å². The van der Waals surface area contributed by atoms with Crippen LogP contribution in [0.2, 0.25) is 5.02 Å². The maximum Gasteiger partial charge on any atom is 0.271 e. The molecule has 6 heteroatoms. The van der Waals surface area contributed by atoms with Crippen LogP contribution in [0.25, 0.3) is 11.3 Å². The third-order valence-electron chi connectivity index (χ3n) is 4.16. The van der Waals surface area contributed by atoms with E-state index in [0.717, 1.165) is 18.4 Å². The number of amides is 1. The summed E-state index contributed by atoms with van der Waals surface area (Å²) in [6.45, 7) is 0.696. The quantitative estimate of drug-likeness (QED) is 0.890. The van der Waals surface area contributed by atoms with Gasteiger partial charge in [-0.3, -0.25) is 9.89 Å². The Morgan fingerprint density at radius 2 is 2.09 bits per heavy atom. The number of rotatable bonds is 5. The fourth-order valence-corrected chi connectivity index (χ4v) is 2.65. The summed E-state index contributed by atoms with van der Waals surface area (Å²) in [4.78, 5) is 14.1. The van der Waals surface area contributed by atoms with Gasteiger partial charge in [0.2, 0.25) is 0 Å². The molecular weight excluding hydrogens is 302 g/mol. The van der Waals surface area contributed by atoms with E-state index in [4.69, 9.17) is 11.6 Å². The van der Waals surface area contributed by atoms with E-state index in [9.17, 15) is 9.90 Å². The van der Waals surface area contributed by atoms with Crippen molar-refractivity contribution in [3.05, 3.63) is 41.0 Å². The number of carbonyl (C=O) groups is 1. The minimum Gasteiger partial charge on any atom is -0.396 e. The maximum atomic E-state index is 12.4. The third-order valence-corrected chi connectivity index (χ3v) is 4.41. The van der Waals surface area contributed by atoms with Crippen molar-refractivity contribution in [3.63, 3.8) is 0 Å². The lowest BCUT2D eigenvalue weighted by Gasteiger charge is -2.21. The Morgan fingerprint density at radius 1 is 1.41 bits per heavy atom. The Hall–Kier alpha value is -1.85. The number of aromatic nitrogens is 2. The van der Waals surface area contributed by atoms with Crippen LogP contribution >= 0.6 is 11.6 Å². The summed E-state index contributed by atoms with van der Waals surface area (Å²) >= 11 is 5.87. The normalized spacial score (nSPS) is 15.6. The van der Waals surface area contributed by atoms with E-state index in [2.05, 4.69) is 10.2 Å². The summed E-state index contributed by atoms with van der Waals surface area (Å²) < 4.78 is 0. The van der Waals surface area contributed by atoms with Crippen molar-refractivity contribution < 1.29 is 9.90 Å². The van der Waals surface area contributed by atoms with Crippen LogP contribution < -0.4 is 0 Å². The molecule has 1 aromatic carbocycles. The fraction of sp³-hybridized carbons (Fsp3) is 0.375. The molecule has 1 aliphatic carbocycles. The van der Waals surface area contributed by atoms with E-state index in [0.29, 0.717) is 23.0 Å². The smallest absolute Gasteiger partial charge is 0.271 e. The first-order chi connectivity index (χ1) is 10.5. The van der Waals surface area contributed by atoms with Crippen molar-refractivity contribution in [1.29, 1.82) is 0 Å². The predicted octanol–water partition coefficient (Wildman–Crippen LogP) is 2.57. The molecular formula is C16H18ClN3O2. The zero-order valence-corrected chi connectivity index (χ0v) is 13.1. The Kier molecular flexibility index (Phi) is 3.93. The third kappa shape index (κ3) is 3.00. The molecule has 0 radical (unpaired) electrons. The number of hydrogen-bond acceptors (Lipinski definition) is 3. The van der Waals surface area contributed by atoms with Gasteiger partial charge in [-0.15, -0.1) is 0 Å². The Labute approximate surface area is 133 Å². The summed E-state index contributed by atoms with van der Waals surface area (Å²) in [5.41, 5.74) is 1.96. The van der Waals surface area contributed by atoms with Crippen LogP contribution in [0, 0.1) is 5.41 Å². The fourth-order valence-electron chi connectivity index (χ4n) is 2.52. The number of carbonyl (C=O) groups excluding carboxylic acids is 1. The molecule has 0 saturated heterocycles. The first-order valence-corrected chi connectivity index (χ1v) is 7.58. The number of nitrogens with one attached hydrogen (secondary N) is 1. The minimum atomic E-state index is -0.118. The molecule has 1 heterocycles. The Morgan fingerprint density at radius 3 is 2.68 bits per heavy atom. The standard InChI is InChI=1S/C16H18ClN3O2/c1-20(9-16(10-21)6-7-16)15(22)14-8-13(18-19-14)11-2-4-12(17)5-3-11/h2-5,8,21H,6-7,9-10H2,1H3,(H,18,19). The number of aliphatic hydroxyl groups excluding tert-OH is 1. The van der Waals surface area contributed by atoms with Gasteiger partial charge in [-0.25, -0.2) is 0 Å². The second-order valence-electron chi connectivity index (χ2n) is 5.99. The zero-order valence-electron chi connectivity index (χ0n) is 12.3. The van der Waals surface area contributed by atoms with Crippen LogP contribution in [0.4, 0.5) is 0 Å². The maximum absolute atomic E-state index is 12.4. The molecule has 2 N–H and O–H groups in total. The molecule has 0 unspecified atom stereocenters. The lowest BCUT2D eigenvalue weighted by atomic mass is 10.1. The van der Waals surface area contributed by atoms with Crippen molar-refractivity contribution >= 4 is 17.5 Å². The number of halogens is 1. The van der Waals surface area contributed by atoms with E-state index in [1.54, 1.807) is 30.1 Å². The van der Waals surface area contributed by atoms with Gasteiger partial charge < -0.3 is 10.0 Å². The van der Waals surface area contributed by atoms with Gasteiger partial charge in [0.05, 0.1) is 12.3 Å². The molecule has 116 valence electrons. The van der Waals surface area contributed by atoms with Gasteiger partial charge in [-0.2, -0.15) is 5.10 Å². The summed E-state index contributed by atoms with van der Waals surface area (Å²) in [5, 5.41) is 17.0. The van der Waals surface area contributed by atoms with Crippen molar-refractivity contribution in [2.75, 3.05) is 20.2 Å². The average Bonchev–Trinajstić information content (AvgIpc) is 3.12. The number of hydrogen-bond donors (Lipinski definition) is 2. The summed E-state index contributed by atoms with van der Waals surface area (Å²) in [5.74, 6) is -0.118. The molecule has 1 fully saturated rings. The molecule has 0 spiro atoms. The lowest BCUT2D eigenvalue weighted by Crippen LogP contribution is -2.34. The lowest BCUT2D eigenvalue weighted by molar-refractivity contribution is 0.0728. The SMILES string of the molecule is CN(CC1(CO)CC1)C(=O)c1cc(-c2ccc(Cl)cc2)n[nH]1. The van der Waals surface area contributed by atoms with Gasteiger partial charge in [-0.1, -0.05) is 23.7 Å². The zero-order chi connectivity index (χ0) is 15.7. The summed E-state index contributed by atoms with van der Waals surface area (Å²) in [7, 11) is 1.75. The van der Waals surface area contributed by atoms with E-state index < -0.39 is 0 Å². The van der Waals surface area contributed by atoms with Crippen molar-refractivity contribution in [3.8, 4) is 11.3 Å². The van der Waals surface area contributed by atoms with Gasteiger partial charge >= 0.3 is 0 Å². The average molecular weight is 320 g/mol. The van der Waals surface area contributed by atoms with E-state index in [1.807, 2.05) is 12.1 Å². The molecule has 2 aromatic rings. The molecule has 0 atom stereocenters. The number of benzene rings is 1. The molecule has 1 saturated carbocycles. The predicted molar refractivity (Wildman–Crippen MR) is 84.7 cm³/mol. The van der Waals surface area contributed by atoms with E-state index in [-0.39, 0.29) is 17.9 Å². The van der Waals surface area contributed by atoms with Crippen LogP contribution in [0.1, 0.15) is 23.3 Å². The van der Waals surface area contributed by atoms with Crippen LogP contribution in [0.3, 0.4) is 0 Å². The second-order valence-corrected chi connectivity index (χ2v) is 6.43. The van der Waals surface area contributed by atoms with Crippen molar-refractivity contribution in [2.45, 2.75) is 12.8 Å². The monoisotopic (exact) mass is 319 g/mol. The molecule has 0 aliphatic heterocycles. The second kappa shape index (κ2) is 5.74. The van der Waals surface area contributed by atoms with E-state index in [1.165, 1.54) is 0 Å². The number of H-pyrrole nitrogens is 1.